The van der Waals surface area contributed by atoms with Gasteiger partial charge >= 0.3 is 5.69 Å². The summed E-state index contributed by atoms with van der Waals surface area (Å²) in [5.41, 5.74) is 0.536. The molecule has 2 aromatic rings. The Bertz CT molecular complexity index is 663. The molecule has 0 bridgehead atoms. The van der Waals surface area contributed by atoms with Crippen molar-refractivity contribution in [3.05, 3.63) is 50.9 Å². The van der Waals surface area contributed by atoms with Crippen molar-refractivity contribution in [3.8, 4) is 5.75 Å². The standard InChI is InChI=1S/C12H11ClN4O3/c1-7-10(17(19)20)11(16-12(13)15-7)14-6-8-4-2-3-5-9(8)18/h2-5,18H,6H2,1H3,(H,14,15,16). The average Bonchev–Trinajstić information content (AvgIpc) is 2.36. The maximum Gasteiger partial charge on any atom is 0.332 e. The molecule has 1 aromatic heterocycles. The summed E-state index contributed by atoms with van der Waals surface area (Å²) in [7, 11) is 0. The van der Waals surface area contributed by atoms with Crippen LogP contribution in [0.15, 0.2) is 24.3 Å². The molecule has 0 aliphatic rings. The summed E-state index contributed by atoms with van der Waals surface area (Å²) in [5, 5.41) is 23.4. The van der Waals surface area contributed by atoms with E-state index in [0.717, 1.165) is 0 Å². The lowest BCUT2D eigenvalue weighted by Crippen LogP contribution is -2.07. The third-order valence-corrected chi connectivity index (χ3v) is 2.82. The Morgan fingerprint density at radius 3 is 2.75 bits per heavy atom. The number of anilines is 1. The minimum Gasteiger partial charge on any atom is -0.508 e. The molecular weight excluding hydrogens is 284 g/mol. The lowest BCUT2D eigenvalue weighted by Gasteiger charge is -2.08. The molecule has 0 saturated heterocycles. The van der Waals surface area contributed by atoms with E-state index in [1.54, 1.807) is 18.2 Å². The molecule has 20 heavy (non-hydrogen) atoms. The zero-order chi connectivity index (χ0) is 14.7. The smallest absolute Gasteiger partial charge is 0.332 e. The van der Waals surface area contributed by atoms with E-state index < -0.39 is 4.92 Å². The van der Waals surface area contributed by atoms with Crippen LogP contribution in [0.2, 0.25) is 5.28 Å². The van der Waals surface area contributed by atoms with Gasteiger partial charge in [-0.15, -0.1) is 0 Å². The number of rotatable bonds is 4. The highest BCUT2D eigenvalue weighted by Crippen LogP contribution is 2.27. The minimum absolute atomic E-state index is 0.0238. The number of aromatic hydroxyl groups is 1. The highest BCUT2D eigenvalue weighted by atomic mass is 35.5. The Balaban J connectivity index is 2.30. The van der Waals surface area contributed by atoms with Crippen molar-refractivity contribution in [2.75, 3.05) is 5.32 Å². The fraction of sp³-hybridized carbons (Fsp3) is 0.167. The SMILES string of the molecule is Cc1nc(Cl)nc(NCc2ccccc2O)c1[N+](=O)[O-]. The summed E-state index contributed by atoms with van der Waals surface area (Å²) in [6, 6.07) is 6.67. The highest BCUT2D eigenvalue weighted by Gasteiger charge is 2.21. The van der Waals surface area contributed by atoms with Crippen molar-refractivity contribution in [1.82, 2.24) is 9.97 Å². The van der Waals surface area contributed by atoms with Gasteiger partial charge in [0.15, 0.2) is 0 Å². The molecule has 8 heteroatoms. The molecule has 0 aliphatic carbocycles. The second-order valence-electron chi connectivity index (χ2n) is 4.01. The number of nitro groups is 1. The number of aryl methyl sites for hydroxylation is 1. The Morgan fingerprint density at radius 1 is 1.40 bits per heavy atom. The van der Waals surface area contributed by atoms with E-state index in [4.69, 9.17) is 11.6 Å². The first-order valence-electron chi connectivity index (χ1n) is 5.68. The van der Waals surface area contributed by atoms with Gasteiger partial charge in [-0.3, -0.25) is 10.1 Å². The summed E-state index contributed by atoms with van der Waals surface area (Å²) < 4.78 is 0. The molecule has 0 aliphatic heterocycles. The van der Waals surface area contributed by atoms with Gasteiger partial charge in [-0.1, -0.05) is 18.2 Å². The number of hydrogen-bond donors (Lipinski definition) is 2. The van der Waals surface area contributed by atoms with Crippen LogP contribution < -0.4 is 5.32 Å². The van der Waals surface area contributed by atoms with Crippen LogP contribution in [-0.4, -0.2) is 20.0 Å². The molecule has 104 valence electrons. The van der Waals surface area contributed by atoms with Crippen molar-refractivity contribution in [1.29, 1.82) is 0 Å². The molecular formula is C12H11ClN4O3. The summed E-state index contributed by atoms with van der Waals surface area (Å²) in [4.78, 5) is 18.0. The predicted molar refractivity (Wildman–Crippen MR) is 73.9 cm³/mol. The van der Waals surface area contributed by atoms with Crippen LogP contribution in [0, 0.1) is 17.0 Å². The average molecular weight is 295 g/mol. The number of para-hydroxylation sites is 1. The van der Waals surface area contributed by atoms with Crippen LogP contribution in [0.3, 0.4) is 0 Å². The molecule has 0 fully saturated rings. The van der Waals surface area contributed by atoms with E-state index in [1.807, 2.05) is 0 Å². The monoisotopic (exact) mass is 294 g/mol. The molecule has 2 rings (SSSR count). The molecule has 2 N–H and O–H groups in total. The molecule has 0 saturated carbocycles. The van der Waals surface area contributed by atoms with Gasteiger partial charge in [-0.05, 0) is 24.6 Å². The van der Waals surface area contributed by atoms with E-state index in [9.17, 15) is 15.2 Å². The number of phenols is 1. The topological polar surface area (TPSA) is 101 Å². The lowest BCUT2D eigenvalue weighted by molar-refractivity contribution is -0.385. The molecule has 0 radical (unpaired) electrons. The van der Waals surface area contributed by atoms with Gasteiger partial charge < -0.3 is 10.4 Å². The fourth-order valence-corrected chi connectivity index (χ4v) is 1.93. The number of phenolic OH excluding ortho intramolecular Hbond substituents is 1. The Labute approximate surface area is 119 Å². The summed E-state index contributed by atoms with van der Waals surface area (Å²) in [6.45, 7) is 1.66. The van der Waals surface area contributed by atoms with Gasteiger partial charge in [-0.2, -0.15) is 4.98 Å². The molecule has 0 atom stereocenters. The van der Waals surface area contributed by atoms with E-state index in [2.05, 4.69) is 15.3 Å². The number of nitrogens with zero attached hydrogens (tertiary/aromatic N) is 3. The third-order valence-electron chi connectivity index (χ3n) is 2.65. The van der Waals surface area contributed by atoms with E-state index in [-0.39, 0.29) is 34.8 Å². The van der Waals surface area contributed by atoms with E-state index >= 15 is 0 Å². The maximum absolute atomic E-state index is 11.0. The first-order chi connectivity index (χ1) is 9.49. The minimum atomic E-state index is -0.571. The van der Waals surface area contributed by atoms with E-state index in [1.165, 1.54) is 13.0 Å². The summed E-state index contributed by atoms with van der Waals surface area (Å²) in [5.74, 6) is 0.121. The maximum atomic E-state index is 11.0. The number of nitrogens with one attached hydrogen (secondary N) is 1. The van der Waals surface area contributed by atoms with Gasteiger partial charge in [-0.25, -0.2) is 4.98 Å². The molecule has 0 spiro atoms. The van der Waals surface area contributed by atoms with Crippen molar-refractivity contribution in [2.24, 2.45) is 0 Å². The van der Waals surface area contributed by atoms with Crippen LogP contribution >= 0.6 is 11.6 Å². The molecule has 1 heterocycles. The lowest BCUT2D eigenvalue weighted by atomic mass is 10.2. The zero-order valence-corrected chi connectivity index (χ0v) is 11.3. The third kappa shape index (κ3) is 2.94. The number of hydrogen-bond acceptors (Lipinski definition) is 6. The largest absolute Gasteiger partial charge is 0.508 e. The second-order valence-corrected chi connectivity index (χ2v) is 4.35. The Morgan fingerprint density at radius 2 is 2.10 bits per heavy atom. The highest BCUT2D eigenvalue weighted by molar-refractivity contribution is 6.28. The van der Waals surface area contributed by atoms with Crippen LogP contribution in [0.1, 0.15) is 11.3 Å². The first kappa shape index (κ1) is 14.0. The van der Waals surface area contributed by atoms with Crippen LogP contribution in [0.5, 0.6) is 5.75 Å². The van der Waals surface area contributed by atoms with Crippen molar-refractivity contribution in [2.45, 2.75) is 13.5 Å². The zero-order valence-electron chi connectivity index (χ0n) is 10.5. The van der Waals surface area contributed by atoms with Gasteiger partial charge in [0.2, 0.25) is 11.1 Å². The van der Waals surface area contributed by atoms with Gasteiger partial charge in [0.25, 0.3) is 0 Å². The first-order valence-corrected chi connectivity index (χ1v) is 6.06. The number of benzene rings is 1. The van der Waals surface area contributed by atoms with Crippen molar-refractivity contribution < 1.29 is 10.0 Å². The second kappa shape index (κ2) is 5.70. The van der Waals surface area contributed by atoms with Crippen LogP contribution in [-0.2, 0) is 6.54 Å². The Kier molecular flexibility index (Phi) is 3.99. The fourth-order valence-electron chi connectivity index (χ4n) is 1.71. The predicted octanol–water partition coefficient (Wildman–Crippen LogP) is 2.66. The summed E-state index contributed by atoms with van der Waals surface area (Å²) in [6.07, 6.45) is 0. The van der Waals surface area contributed by atoms with Crippen molar-refractivity contribution in [3.63, 3.8) is 0 Å². The number of halogens is 1. The molecule has 0 amide bonds. The van der Waals surface area contributed by atoms with E-state index in [0.29, 0.717) is 5.56 Å². The van der Waals surface area contributed by atoms with Crippen LogP contribution in [0.4, 0.5) is 11.5 Å². The molecule has 7 nitrogen and oxygen atoms in total. The quantitative estimate of drug-likeness (QED) is 0.511. The van der Waals surface area contributed by atoms with Gasteiger partial charge in [0.05, 0.1) is 4.92 Å². The Hall–Kier alpha value is -2.41. The summed E-state index contributed by atoms with van der Waals surface area (Å²) >= 11 is 5.71. The molecule has 0 unspecified atom stereocenters. The van der Waals surface area contributed by atoms with Crippen molar-refractivity contribution >= 4 is 23.1 Å². The molecule has 1 aromatic carbocycles. The normalized spacial score (nSPS) is 10.3. The number of aromatic nitrogens is 2. The van der Waals surface area contributed by atoms with Crippen LogP contribution in [0.25, 0.3) is 0 Å². The van der Waals surface area contributed by atoms with Gasteiger partial charge in [0.1, 0.15) is 11.4 Å². The van der Waals surface area contributed by atoms with Gasteiger partial charge in [0, 0.05) is 12.1 Å².